The van der Waals surface area contributed by atoms with Crippen LogP contribution < -0.4 is 4.72 Å². The molecule has 0 aliphatic carbocycles. The van der Waals surface area contributed by atoms with Gasteiger partial charge in [-0.3, -0.25) is 0 Å². The van der Waals surface area contributed by atoms with Gasteiger partial charge < -0.3 is 0 Å². The van der Waals surface area contributed by atoms with Crippen LogP contribution in [0.1, 0.15) is 12.0 Å². The van der Waals surface area contributed by atoms with Crippen LogP contribution >= 0.6 is 0 Å². The van der Waals surface area contributed by atoms with Crippen molar-refractivity contribution in [2.75, 3.05) is 11.5 Å². The number of sulfone groups is 1. The minimum Gasteiger partial charge on any atom is -0.229 e. The molecule has 1 fully saturated rings. The summed E-state index contributed by atoms with van der Waals surface area (Å²) in [5, 5.41) is 8.64. The third-order valence-electron chi connectivity index (χ3n) is 2.85. The van der Waals surface area contributed by atoms with E-state index in [0.717, 1.165) is 0 Å². The molecule has 1 saturated heterocycles. The van der Waals surface area contributed by atoms with Crippen LogP contribution in [0.3, 0.4) is 0 Å². The quantitative estimate of drug-likeness (QED) is 0.847. The summed E-state index contributed by atoms with van der Waals surface area (Å²) in [6.07, 6.45) is 0.290. The van der Waals surface area contributed by atoms with Crippen molar-refractivity contribution in [1.29, 1.82) is 5.26 Å². The molecule has 0 radical (unpaired) electrons. The molecule has 0 unspecified atom stereocenters. The number of nitrogens with one attached hydrogen (secondary N) is 1. The van der Waals surface area contributed by atoms with Crippen LogP contribution in [0.5, 0.6) is 0 Å². The summed E-state index contributed by atoms with van der Waals surface area (Å²) in [5.74, 6) is -0.157. The Kier molecular flexibility index (Phi) is 3.62. The van der Waals surface area contributed by atoms with Crippen molar-refractivity contribution in [3.05, 3.63) is 29.8 Å². The van der Waals surface area contributed by atoms with E-state index in [1.807, 2.05) is 6.07 Å². The summed E-state index contributed by atoms with van der Waals surface area (Å²) in [7, 11) is -6.87. The van der Waals surface area contributed by atoms with Crippen LogP contribution in [0.2, 0.25) is 0 Å². The predicted octanol–water partition coefficient (Wildman–Crippen LogP) is 0.0237. The van der Waals surface area contributed by atoms with Crippen LogP contribution in [-0.4, -0.2) is 34.4 Å². The molecule has 0 amide bonds. The zero-order valence-electron chi connectivity index (χ0n) is 9.90. The Hall–Kier alpha value is -1.43. The van der Waals surface area contributed by atoms with E-state index in [2.05, 4.69) is 4.72 Å². The van der Waals surface area contributed by atoms with Crippen LogP contribution in [0.25, 0.3) is 0 Å². The number of benzene rings is 1. The number of nitriles is 1. The monoisotopic (exact) mass is 300 g/mol. The average molecular weight is 300 g/mol. The lowest BCUT2D eigenvalue weighted by atomic mass is 10.2. The van der Waals surface area contributed by atoms with E-state index < -0.39 is 25.9 Å². The summed E-state index contributed by atoms with van der Waals surface area (Å²) < 4.78 is 48.9. The molecule has 0 aromatic heterocycles. The van der Waals surface area contributed by atoms with Crippen molar-refractivity contribution in [3.8, 4) is 6.07 Å². The number of hydrogen-bond acceptors (Lipinski definition) is 5. The first kappa shape index (κ1) is 14.0. The maximum Gasteiger partial charge on any atom is 0.240 e. The Balaban J connectivity index is 2.17. The summed E-state index contributed by atoms with van der Waals surface area (Å²) in [6.45, 7) is 0. The van der Waals surface area contributed by atoms with Crippen LogP contribution in [0.4, 0.5) is 0 Å². The smallest absolute Gasteiger partial charge is 0.229 e. The Morgan fingerprint density at radius 1 is 1.26 bits per heavy atom. The van der Waals surface area contributed by atoms with Crippen molar-refractivity contribution in [1.82, 2.24) is 4.72 Å². The lowest BCUT2D eigenvalue weighted by Gasteiger charge is -2.11. The summed E-state index contributed by atoms with van der Waals surface area (Å²) in [5.41, 5.74) is 0.363. The van der Waals surface area contributed by atoms with E-state index in [1.165, 1.54) is 24.3 Å². The molecule has 1 heterocycles. The van der Waals surface area contributed by atoms with Crippen molar-refractivity contribution in [2.45, 2.75) is 17.4 Å². The minimum atomic E-state index is -3.74. The normalized spacial score (nSPS) is 21.9. The average Bonchev–Trinajstić information content (AvgIpc) is 2.68. The van der Waals surface area contributed by atoms with E-state index in [9.17, 15) is 16.8 Å². The van der Waals surface area contributed by atoms with Gasteiger partial charge in [-0.05, 0) is 30.7 Å². The molecule has 0 saturated carbocycles. The maximum atomic E-state index is 12.0. The molecule has 8 heteroatoms. The SMILES string of the molecule is N#Cc1ccc(S(=O)(=O)N[C@@H]2CCS(=O)(=O)C2)cc1. The minimum absolute atomic E-state index is 0.00750. The summed E-state index contributed by atoms with van der Waals surface area (Å²) in [6, 6.07) is 6.77. The van der Waals surface area contributed by atoms with Crippen molar-refractivity contribution in [3.63, 3.8) is 0 Å². The summed E-state index contributed by atoms with van der Waals surface area (Å²) >= 11 is 0. The van der Waals surface area contributed by atoms with Gasteiger partial charge >= 0.3 is 0 Å². The van der Waals surface area contributed by atoms with Crippen LogP contribution in [0.15, 0.2) is 29.2 Å². The van der Waals surface area contributed by atoms with Crippen molar-refractivity contribution >= 4 is 19.9 Å². The molecule has 1 aromatic carbocycles. The molecule has 0 spiro atoms. The van der Waals surface area contributed by atoms with Gasteiger partial charge in [-0.15, -0.1) is 0 Å². The highest BCUT2D eigenvalue weighted by Crippen LogP contribution is 2.16. The Labute approximate surface area is 112 Å². The third-order valence-corrected chi connectivity index (χ3v) is 6.15. The topological polar surface area (TPSA) is 104 Å². The molecule has 1 aromatic rings. The van der Waals surface area contributed by atoms with Crippen LogP contribution in [0, 0.1) is 11.3 Å². The standard InChI is InChI=1S/C11H12N2O4S2/c12-7-9-1-3-11(4-2-9)19(16,17)13-10-5-6-18(14,15)8-10/h1-4,10,13H,5-6,8H2/t10-/m1/s1. The number of hydrogen-bond donors (Lipinski definition) is 1. The zero-order chi connectivity index (χ0) is 14.1. The fourth-order valence-corrected chi connectivity index (χ4v) is 4.93. The molecule has 19 heavy (non-hydrogen) atoms. The maximum absolute atomic E-state index is 12.0. The van der Waals surface area contributed by atoms with Gasteiger partial charge in [-0.25, -0.2) is 21.6 Å². The zero-order valence-corrected chi connectivity index (χ0v) is 11.5. The lowest BCUT2D eigenvalue weighted by Crippen LogP contribution is -2.35. The van der Waals surface area contributed by atoms with Gasteiger partial charge in [0.15, 0.2) is 9.84 Å². The molecule has 2 rings (SSSR count). The Morgan fingerprint density at radius 2 is 1.89 bits per heavy atom. The van der Waals surface area contributed by atoms with Gasteiger partial charge in [0.25, 0.3) is 0 Å². The van der Waals surface area contributed by atoms with Crippen LogP contribution in [-0.2, 0) is 19.9 Å². The largest absolute Gasteiger partial charge is 0.240 e. The van der Waals surface area contributed by atoms with E-state index >= 15 is 0 Å². The molecule has 1 N–H and O–H groups in total. The van der Waals surface area contributed by atoms with Gasteiger partial charge in [-0.2, -0.15) is 5.26 Å². The molecule has 0 bridgehead atoms. The lowest BCUT2D eigenvalue weighted by molar-refractivity contribution is 0.562. The Morgan fingerprint density at radius 3 is 2.37 bits per heavy atom. The van der Waals surface area contributed by atoms with Crippen molar-refractivity contribution < 1.29 is 16.8 Å². The number of nitrogens with zero attached hydrogens (tertiary/aromatic N) is 1. The summed E-state index contributed by atoms with van der Waals surface area (Å²) in [4.78, 5) is 0.0239. The molecular weight excluding hydrogens is 288 g/mol. The van der Waals surface area contributed by atoms with Gasteiger partial charge in [0.1, 0.15) is 0 Å². The molecule has 1 aliphatic rings. The van der Waals surface area contributed by atoms with Gasteiger partial charge in [0.05, 0.1) is 28.0 Å². The van der Waals surface area contributed by atoms with E-state index in [4.69, 9.17) is 5.26 Å². The second-order valence-electron chi connectivity index (χ2n) is 4.36. The Bertz CT molecular complexity index is 715. The highest BCUT2D eigenvalue weighted by Gasteiger charge is 2.31. The molecular formula is C11H12N2O4S2. The second-order valence-corrected chi connectivity index (χ2v) is 8.30. The van der Waals surface area contributed by atoms with Crippen molar-refractivity contribution in [2.24, 2.45) is 0 Å². The van der Waals surface area contributed by atoms with Gasteiger partial charge in [0, 0.05) is 6.04 Å². The second kappa shape index (κ2) is 4.92. The molecule has 102 valence electrons. The first-order valence-electron chi connectivity index (χ1n) is 5.55. The molecule has 1 aliphatic heterocycles. The fourth-order valence-electron chi connectivity index (χ4n) is 1.88. The predicted molar refractivity (Wildman–Crippen MR) is 68.5 cm³/mol. The highest BCUT2D eigenvalue weighted by atomic mass is 32.2. The first-order chi connectivity index (χ1) is 8.82. The number of sulfonamides is 1. The molecule has 6 nitrogen and oxygen atoms in total. The van der Waals surface area contributed by atoms with E-state index in [-0.39, 0.29) is 22.8 Å². The number of rotatable bonds is 3. The first-order valence-corrected chi connectivity index (χ1v) is 8.86. The van der Waals surface area contributed by atoms with Gasteiger partial charge in [0.2, 0.25) is 10.0 Å². The fraction of sp³-hybridized carbons (Fsp3) is 0.364. The highest BCUT2D eigenvalue weighted by molar-refractivity contribution is 7.92. The van der Waals surface area contributed by atoms with E-state index in [1.54, 1.807) is 0 Å². The van der Waals surface area contributed by atoms with Gasteiger partial charge in [-0.1, -0.05) is 0 Å². The third kappa shape index (κ3) is 3.32. The van der Waals surface area contributed by atoms with E-state index in [0.29, 0.717) is 5.56 Å². The molecule has 1 atom stereocenters.